The fraction of sp³-hybridized carbons (Fsp3) is 0.722. The zero-order valence-corrected chi connectivity index (χ0v) is 15.4. The van der Waals surface area contributed by atoms with E-state index in [2.05, 4.69) is 35.1 Å². The fourth-order valence-electron chi connectivity index (χ4n) is 3.80. The van der Waals surface area contributed by atoms with Crippen molar-refractivity contribution in [1.29, 1.82) is 5.26 Å². The van der Waals surface area contributed by atoms with Crippen molar-refractivity contribution < 1.29 is 0 Å². The number of nitrogens with zero attached hydrogens (tertiary/aromatic N) is 4. The summed E-state index contributed by atoms with van der Waals surface area (Å²) in [7, 11) is 0. The minimum absolute atomic E-state index is 0.279. The number of hydrogen-bond acceptors (Lipinski definition) is 5. The summed E-state index contributed by atoms with van der Waals surface area (Å²) in [5.41, 5.74) is 0.0230. The lowest BCUT2D eigenvalue weighted by atomic mass is 9.84. The van der Waals surface area contributed by atoms with Gasteiger partial charge in [0, 0.05) is 32.1 Å². The molecule has 2 fully saturated rings. The van der Waals surface area contributed by atoms with Crippen molar-refractivity contribution in [2.75, 3.05) is 31.1 Å². The lowest BCUT2D eigenvalue weighted by Gasteiger charge is -2.38. The van der Waals surface area contributed by atoms with E-state index in [4.69, 9.17) is 16.6 Å². The Labute approximate surface area is 149 Å². The molecule has 24 heavy (non-hydrogen) atoms. The maximum atomic E-state index is 9.50. The fourth-order valence-corrected chi connectivity index (χ4v) is 4.00. The normalized spacial score (nSPS) is 26.3. The zero-order valence-electron chi connectivity index (χ0n) is 14.6. The summed E-state index contributed by atoms with van der Waals surface area (Å²) in [6.07, 6.45) is 4.79. The van der Waals surface area contributed by atoms with Crippen LogP contribution in [0.2, 0.25) is 5.15 Å². The highest BCUT2D eigenvalue weighted by atomic mass is 35.5. The Bertz CT molecular complexity index is 631. The SMILES string of the molecule is CC1(C)CCCN(c2cc(Cl)nc(CCC3(C#N)CCNC3)n2)C1. The Kier molecular flexibility index (Phi) is 4.98. The molecule has 1 atom stereocenters. The predicted molar refractivity (Wildman–Crippen MR) is 96.1 cm³/mol. The highest BCUT2D eigenvalue weighted by Gasteiger charge is 2.34. The Balaban J connectivity index is 1.73. The van der Waals surface area contributed by atoms with Gasteiger partial charge in [0.25, 0.3) is 0 Å². The Morgan fingerprint density at radius 3 is 2.88 bits per heavy atom. The molecule has 130 valence electrons. The summed E-state index contributed by atoms with van der Waals surface area (Å²) in [6.45, 7) is 8.28. The van der Waals surface area contributed by atoms with Crippen molar-refractivity contribution in [1.82, 2.24) is 15.3 Å². The molecule has 6 heteroatoms. The van der Waals surface area contributed by atoms with Gasteiger partial charge in [-0.15, -0.1) is 0 Å². The first-order valence-corrected chi connectivity index (χ1v) is 9.20. The maximum Gasteiger partial charge on any atom is 0.134 e. The van der Waals surface area contributed by atoms with E-state index in [9.17, 15) is 5.26 Å². The van der Waals surface area contributed by atoms with Crippen LogP contribution in [0.1, 0.15) is 45.4 Å². The monoisotopic (exact) mass is 347 g/mol. The molecular weight excluding hydrogens is 322 g/mol. The smallest absolute Gasteiger partial charge is 0.134 e. The number of nitriles is 1. The van der Waals surface area contributed by atoms with Crippen LogP contribution in [0.25, 0.3) is 0 Å². The Morgan fingerprint density at radius 2 is 2.21 bits per heavy atom. The molecule has 1 aromatic rings. The molecule has 1 unspecified atom stereocenters. The molecule has 0 amide bonds. The lowest BCUT2D eigenvalue weighted by Crippen LogP contribution is -2.40. The van der Waals surface area contributed by atoms with Crippen molar-refractivity contribution >= 4 is 17.4 Å². The first-order chi connectivity index (χ1) is 11.4. The van der Waals surface area contributed by atoms with Gasteiger partial charge in [-0.25, -0.2) is 9.97 Å². The van der Waals surface area contributed by atoms with Gasteiger partial charge in [0.1, 0.15) is 16.8 Å². The van der Waals surface area contributed by atoms with Gasteiger partial charge in [0.15, 0.2) is 0 Å². The number of nitrogens with one attached hydrogen (secondary N) is 1. The second-order valence-electron chi connectivity index (χ2n) is 7.97. The number of halogens is 1. The van der Waals surface area contributed by atoms with Crippen LogP contribution < -0.4 is 10.2 Å². The van der Waals surface area contributed by atoms with E-state index < -0.39 is 0 Å². The highest BCUT2D eigenvalue weighted by molar-refractivity contribution is 6.29. The molecule has 0 saturated carbocycles. The van der Waals surface area contributed by atoms with Gasteiger partial charge in [-0.3, -0.25) is 0 Å². The van der Waals surface area contributed by atoms with E-state index in [1.807, 2.05) is 6.07 Å². The molecule has 2 aliphatic heterocycles. The molecule has 3 rings (SSSR count). The molecule has 0 spiro atoms. The van der Waals surface area contributed by atoms with Gasteiger partial charge in [0.2, 0.25) is 0 Å². The molecule has 1 N–H and O–H groups in total. The molecule has 3 heterocycles. The van der Waals surface area contributed by atoms with Gasteiger partial charge in [-0.2, -0.15) is 5.26 Å². The van der Waals surface area contributed by atoms with Crippen LogP contribution in [-0.4, -0.2) is 36.1 Å². The summed E-state index contributed by atoms with van der Waals surface area (Å²) in [5.74, 6) is 1.68. The second kappa shape index (κ2) is 6.85. The number of aryl methyl sites for hydroxylation is 1. The van der Waals surface area contributed by atoms with Gasteiger partial charge in [0.05, 0.1) is 11.5 Å². The van der Waals surface area contributed by atoms with E-state index in [0.717, 1.165) is 50.7 Å². The molecule has 2 aliphatic rings. The first kappa shape index (κ1) is 17.4. The lowest BCUT2D eigenvalue weighted by molar-refractivity contribution is 0.292. The van der Waals surface area contributed by atoms with Crippen molar-refractivity contribution in [3.63, 3.8) is 0 Å². The minimum Gasteiger partial charge on any atom is -0.356 e. The number of rotatable bonds is 4. The average Bonchev–Trinajstić information content (AvgIpc) is 3.01. The first-order valence-electron chi connectivity index (χ1n) is 8.82. The number of anilines is 1. The Hall–Kier alpha value is -1.38. The van der Waals surface area contributed by atoms with E-state index in [0.29, 0.717) is 17.0 Å². The van der Waals surface area contributed by atoms with E-state index >= 15 is 0 Å². The summed E-state index contributed by atoms with van der Waals surface area (Å²) in [6, 6.07) is 4.35. The third-order valence-corrected chi connectivity index (χ3v) is 5.45. The molecule has 0 radical (unpaired) electrons. The largest absolute Gasteiger partial charge is 0.356 e. The quantitative estimate of drug-likeness (QED) is 0.847. The molecule has 5 nitrogen and oxygen atoms in total. The topological polar surface area (TPSA) is 64.8 Å². The van der Waals surface area contributed by atoms with Gasteiger partial charge < -0.3 is 10.2 Å². The molecule has 0 aromatic carbocycles. The van der Waals surface area contributed by atoms with Crippen molar-refractivity contribution in [2.45, 2.75) is 46.0 Å². The van der Waals surface area contributed by atoms with Crippen LogP contribution in [0, 0.1) is 22.2 Å². The van der Waals surface area contributed by atoms with Crippen LogP contribution >= 0.6 is 11.6 Å². The van der Waals surface area contributed by atoms with Crippen LogP contribution in [0.3, 0.4) is 0 Å². The third kappa shape index (κ3) is 3.99. The molecule has 1 aromatic heterocycles. The summed E-state index contributed by atoms with van der Waals surface area (Å²) in [4.78, 5) is 11.5. The average molecular weight is 348 g/mol. The van der Waals surface area contributed by atoms with Crippen molar-refractivity contribution in [2.24, 2.45) is 10.8 Å². The minimum atomic E-state index is -0.279. The van der Waals surface area contributed by atoms with Gasteiger partial charge >= 0.3 is 0 Å². The maximum absolute atomic E-state index is 9.50. The zero-order chi connectivity index (χ0) is 17.2. The van der Waals surface area contributed by atoms with E-state index in [1.165, 1.54) is 12.8 Å². The predicted octanol–water partition coefficient (Wildman–Crippen LogP) is 3.19. The van der Waals surface area contributed by atoms with Gasteiger partial charge in [-0.05, 0) is 37.6 Å². The van der Waals surface area contributed by atoms with Crippen LogP contribution in [0.4, 0.5) is 5.82 Å². The van der Waals surface area contributed by atoms with Gasteiger partial charge in [-0.1, -0.05) is 25.4 Å². The molecule has 0 bridgehead atoms. The third-order valence-electron chi connectivity index (χ3n) is 5.26. The number of hydrogen-bond donors (Lipinski definition) is 1. The highest BCUT2D eigenvalue weighted by Crippen LogP contribution is 2.33. The summed E-state index contributed by atoms with van der Waals surface area (Å²) < 4.78 is 0. The van der Waals surface area contributed by atoms with Crippen LogP contribution in [-0.2, 0) is 6.42 Å². The number of piperidine rings is 1. The van der Waals surface area contributed by atoms with Crippen molar-refractivity contribution in [3.05, 3.63) is 17.0 Å². The molecule has 0 aliphatic carbocycles. The van der Waals surface area contributed by atoms with Crippen LogP contribution in [0.15, 0.2) is 6.07 Å². The van der Waals surface area contributed by atoms with Crippen LogP contribution in [0.5, 0.6) is 0 Å². The van der Waals surface area contributed by atoms with E-state index in [-0.39, 0.29) is 5.41 Å². The van der Waals surface area contributed by atoms with Crippen molar-refractivity contribution in [3.8, 4) is 6.07 Å². The van der Waals surface area contributed by atoms with E-state index in [1.54, 1.807) is 0 Å². The molecule has 2 saturated heterocycles. The Morgan fingerprint density at radius 1 is 1.38 bits per heavy atom. The number of aromatic nitrogens is 2. The molecular formula is C18H26ClN5. The summed E-state index contributed by atoms with van der Waals surface area (Å²) in [5, 5.41) is 13.3. The standard InChI is InChI=1S/C18H26ClN5/c1-17(2)5-3-9-24(13-17)16-10-14(19)22-15(23-16)4-6-18(11-20)7-8-21-12-18/h10,21H,3-9,12-13H2,1-2H3. The second-order valence-corrected chi connectivity index (χ2v) is 8.36. The summed E-state index contributed by atoms with van der Waals surface area (Å²) >= 11 is 6.25.